The molecule has 0 radical (unpaired) electrons. The van der Waals surface area contributed by atoms with Crippen LogP contribution in [0.2, 0.25) is 0 Å². The molecule has 0 N–H and O–H groups in total. The van der Waals surface area contributed by atoms with Gasteiger partial charge in [-0.2, -0.15) is 0 Å². The fourth-order valence-corrected chi connectivity index (χ4v) is 3.01. The van der Waals surface area contributed by atoms with E-state index in [1.807, 2.05) is 7.11 Å². The van der Waals surface area contributed by atoms with Crippen LogP contribution in [0.1, 0.15) is 6.42 Å². The van der Waals surface area contributed by atoms with Crippen molar-refractivity contribution in [3.63, 3.8) is 0 Å². The second-order valence-electron chi connectivity index (χ2n) is 4.53. The van der Waals surface area contributed by atoms with Crippen LogP contribution < -0.4 is 0 Å². The summed E-state index contributed by atoms with van der Waals surface area (Å²) in [5.74, 6) is 2.77. The Morgan fingerprint density at radius 2 is 1.79 bits per heavy atom. The zero-order valence-corrected chi connectivity index (χ0v) is 8.47. The Bertz CT molecular complexity index is 313. The highest BCUT2D eigenvalue weighted by molar-refractivity contribution is 5.26. The first-order valence-corrected chi connectivity index (χ1v) is 5.46. The molecule has 2 bridgehead atoms. The van der Waals surface area contributed by atoms with Crippen LogP contribution in [0.25, 0.3) is 0 Å². The predicted molar refractivity (Wildman–Crippen MR) is 56.8 cm³/mol. The fourth-order valence-electron chi connectivity index (χ4n) is 3.01. The molecule has 0 aliphatic heterocycles. The first-order valence-electron chi connectivity index (χ1n) is 5.46. The van der Waals surface area contributed by atoms with Crippen LogP contribution in [0.5, 0.6) is 0 Å². The molecule has 74 valence electrons. The van der Waals surface area contributed by atoms with E-state index in [2.05, 4.69) is 36.5 Å². The lowest BCUT2D eigenvalue weighted by Gasteiger charge is -2.36. The summed E-state index contributed by atoms with van der Waals surface area (Å²) in [5.41, 5.74) is 0. The second-order valence-corrected chi connectivity index (χ2v) is 4.53. The monoisotopic (exact) mass is 188 g/mol. The van der Waals surface area contributed by atoms with E-state index in [1.54, 1.807) is 0 Å². The van der Waals surface area contributed by atoms with E-state index in [9.17, 15) is 0 Å². The maximum atomic E-state index is 5.54. The molecule has 0 aromatic heterocycles. The minimum atomic E-state index is 0.286. The van der Waals surface area contributed by atoms with E-state index in [0.29, 0.717) is 11.8 Å². The Morgan fingerprint density at radius 1 is 0.929 bits per heavy atom. The third-order valence-corrected chi connectivity index (χ3v) is 3.90. The molecular weight excluding hydrogens is 172 g/mol. The summed E-state index contributed by atoms with van der Waals surface area (Å²) < 4.78 is 5.54. The maximum absolute atomic E-state index is 5.54. The summed E-state index contributed by atoms with van der Waals surface area (Å²) in [6, 6.07) is 0. The predicted octanol–water partition coefficient (Wildman–Crippen LogP) is 2.57. The van der Waals surface area contributed by atoms with E-state index < -0.39 is 0 Å². The third kappa shape index (κ3) is 1.05. The van der Waals surface area contributed by atoms with E-state index in [0.717, 1.165) is 11.8 Å². The zero-order valence-electron chi connectivity index (χ0n) is 8.47. The second kappa shape index (κ2) is 3.09. The molecule has 0 heterocycles. The van der Waals surface area contributed by atoms with Crippen LogP contribution in [-0.2, 0) is 4.74 Å². The van der Waals surface area contributed by atoms with Crippen molar-refractivity contribution in [1.82, 2.24) is 0 Å². The molecule has 5 atom stereocenters. The average molecular weight is 188 g/mol. The third-order valence-electron chi connectivity index (χ3n) is 3.90. The molecule has 3 aliphatic rings. The number of methoxy groups -OCH3 is 1. The van der Waals surface area contributed by atoms with E-state index in [-0.39, 0.29) is 6.10 Å². The summed E-state index contributed by atoms with van der Waals surface area (Å²) in [5, 5.41) is 0. The van der Waals surface area contributed by atoms with Crippen molar-refractivity contribution < 1.29 is 4.74 Å². The Kier molecular flexibility index (Phi) is 1.88. The first kappa shape index (κ1) is 8.49. The molecule has 0 amide bonds. The van der Waals surface area contributed by atoms with E-state index >= 15 is 0 Å². The highest BCUT2D eigenvalue weighted by Gasteiger charge is 2.40. The number of hydrogen-bond acceptors (Lipinski definition) is 1. The van der Waals surface area contributed by atoms with Gasteiger partial charge in [0.15, 0.2) is 0 Å². The van der Waals surface area contributed by atoms with Crippen LogP contribution in [0, 0.1) is 23.7 Å². The molecule has 0 saturated heterocycles. The molecule has 3 rings (SSSR count). The number of allylic oxidation sites excluding steroid dienone is 4. The molecule has 0 fully saturated rings. The summed E-state index contributed by atoms with van der Waals surface area (Å²) in [6.07, 6.45) is 15.5. The van der Waals surface area contributed by atoms with Crippen LogP contribution in [0.3, 0.4) is 0 Å². The van der Waals surface area contributed by atoms with Gasteiger partial charge in [0.25, 0.3) is 0 Å². The molecular formula is C13H16O. The van der Waals surface area contributed by atoms with Crippen molar-refractivity contribution in [2.75, 3.05) is 7.11 Å². The van der Waals surface area contributed by atoms with Crippen molar-refractivity contribution in [2.24, 2.45) is 23.7 Å². The van der Waals surface area contributed by atoms with Crippen molar-refractivity contribution in [3.8, 4) is 0 Å². The molecule has 0 aromatic rings. The van der Waals surface area contributed by atoms with E-state index in [4.69, 9.17) is 4.74 Å². The first-order chi connectivity index (χ1) is 6.90. The number of rotatable bonds is 1. The summed E-state index contributed by atoms with van der Waals surface area (Å²) >= 11 is 0. The van der Waals surface area contributed by atoms with Crippen LogP contribution in [-0.4, -0.2) is 13.2 Å². The summed E-state index contributed by atoms with van der Waals surface area (Å²) in [4.78, 5) is 0. The number of hydrogen-bond donors (Lipinski definition) is 0. The lowest BCUT2D eigenvalue weighted by atomic mass is 9.69. The minimum absolute atomic E-state index is 0.286. The van der Waals surface area contributed by atoms with Gasteiger partial charge in [0.2, 0.25) is 0 Å². The van der Waals surface area contributed by atoms with Gasteiger partial charge in [-0.15, -0.1) is 0 Å². The molecule has 1 nitrogen and oxygen atoms in total. The Labute approximate surface area is 85.1 Å². The van der Waals surface area contributed by atoms with Crippen molar-refractivity contribution in [2.45, 2.75) is 12.5 Å². The largest absolute Gasteiger partial charge is 0.377 e. The molecule has 3 aliphatic carbocycles. The topological polar surface area (TPSA) is 9.23 Å². The molecule has 14 heavy (non-hydrogen) atoms. The smallest absolute Gasteiger partial charge is 0.0820 e. The van der Waals surface area contributed by atoms with Gasteiger partial charge in [0.05, 0.1) is 6.10 Å². The highest BCUT2D eigenvalue weighted by Crippen LogP contribution is 2.46. The summed E-state index contributed by atoms with van der Waals surface area (Å²) in [7, 11) is 1.81. The Morgan fingerprint density at radius 3 is 2.50 bits per heavy atom. The zero-order chi connectivity index (χ0) is 9.54. The normalized spacial score (nSPS) is 48.2. The molecule has 0 saturated carbocycles. The maximum Gasteiger partial charge on any atom is 0.0820 e. The van der Waals surface area contributed by atoms with Crippen LogP contribution in [0.15, 0.2) is 36.5 Å². The van der Waals surface area contributed by atoms with Gasteiger partial charge in [-0.3, -0.25) is 0 Å². The lowest BCUT2D eigenvalue weighted by Crippen LogP contribution is -2.33. The number of ether oxygens (including phenoxy) is 1. The van der Waals surface area contributed by atoms with Gasteiger partial charge < -0.3 is 4.74 Å². The summed E-state index contributed by atoms with van der Waals surface area (Å²) in [6.45, 7) is 0. The molecule has 0 aromatic carbocycles. The molecule has 1 heteroatoms. The van der Waals surface area contributed by atoms with Crippen molar-refractivity contribution in [3.05, 3.63) is 36.5 Å². The molecule has 0 unspecified atom stereocenters. The molecule has 0 spiro atoms. The quantitative estimate of drug-likeness (QED) is 0.575. The van der Waals surface area contributed by atoms with E-state index in [1.165, 1.54) is 6.42 Å². The van der Waals surface area contributed by atoms with Crippen molar-refractivity contribution >= 4 is 0 Å². The van der Waals surface area contributed by atoms with Gasteiger partial charge in [0.1, 0.15) is 0 Å². The van der Waals surface area contributed by atoms with Gasteiger partial charge in [-0.25, -0.2) is 0 Å². The van der Waals surface area contributed by atoms with Gasteiger partial charge in [-0.05, 0) is 24.2 Å². The Balaban J connectivity index is 2.00. The van der Waals surface area contributed by atoms with Gasteiger partial charge in [0, 0.05) is 13.0 Å². The Hall–Kier alpha value is -0.820. The average Bonchev–Trinajstić information content (AvgIpc) is 2.28. The lowest BCUT2D eigenvalue weighted by molar-refractivity contribution is 0.0815. The van der Waals surface area contributed by atoms with Crippen LogP contribution in [0.4, 0.5) is 0 Å². The fraction of sp³-hybridized carbons (Fsp3) is 0.538. The standard InChI is InChI=1S/C13H16O/c1-14-13-8-5-9-3-2-4-12(13)11-7-6-10(9)11/h2,4-13H,3H2,1H3/t9-,10+,11+,12-,13+/m1/s1. The van der Waals surface area contributed by atoms with Gasteiger partial charge >= 0.3 is 0 Å². The minimum Gasteiger partial charge on any atom is -0.377 e. The van der Waals surface area contributed by atoms with Crippen molar-refractivity contribution in [1.29, 1.82) is 0 Å². The van der Waals surface area contributed by atoms with Crippen LogP contribution >= 0.6 is 0 Å². The van der Waals surface area contributed by atoms with Gasteiger partial charge in [-0.1, -0.05) is 36.5 Å². The highest BCUT2D eigenvalue weighted by atomic mass is 16.5. The SMILES string of the molecule is CO[C@H]1C=C[C@H]2CC=C[C@@H]1[C@H]1C=C[C@H]12.